The van der Waals surface area contributed by atoms with Gasteiger partial charge in [0.15, 0.2) is 0 Å². The third kappa shape index (κ3) is 3.57. The first kappa shape index (κ1) is 14.1. The second-order valence-corrected chi connectivity index (χ2v) is 5.75. The van der Waals surface area contributed by atoms with E-state index < -0.39 is 0 Å². The highest BCUT2D eigenvalue weighted by molar-refractivity contribution is 5.95. The SMILES string of the molecule is Cc1cccc(C(=O)NCC2CCCC(N)C2)c1C. The molecule has 0 bridgehead atoms. The number of aryl methyl sites for hydroxylation is 1. The molecule has 1 aliphatic rings. The van der Waals surface area contributed by atoms with Crippen LogP contribution in [0.25, 0.3) is 0 Å². The lowest BCUT2D eigenvalue weighted by Gasteiger charge is -2.26. The highest BCUT2D eigenvalue weighted by Gasteiger charge is 2.20. The average molecular weight is 260 g/mol. The lowest BCUT2D eigenvalue weighted by atomic mass is 9.86. The molecule has 19 heavy (non-hydrogen) atoms. The van der Waals surface area contributed by atoms with Crippen molar-refractivity contribution in [2.75, 3.05) is 6.54 Å². The molecular formula is C16H24N2O. The maximum atomic E-state index is 12.2. The zero-order chi connectivity index (χ0) is 13.8. The summed E-state index contributed by atoms with van der Waals surface area (Å²) < 4.78 is 0. The fourth-order valence-corrected chi connectivity index (χ4v) is 2.85. The Morgan fingerprint density at radius 3 is 2.89 bits per heavy atom. The van der Waals surface area contributed by atoms with Crippen LogP contribution in [0.15, 0.2) is 18.2 Å². The van der Waals surface area contributed by atoms with Gasteiger partial charge in [0.05, 0.1) is 0 Å². The zero-order valence-electron chi connectivity index (χ0n) is 11.9. The summed E-state index contributed by atoms with van der Waals surface area (Å²) >= 11 is 0. The molecule has 0 radical (unpaired) electrons. The van der Waals surface area contributed by atoms with Gasteiger partial charge in [-0.3, -0.25) is 4.79 Å². The standard InChI is InChI=1S/C16H24N2O/c1-11-5-3-8-15(12(11)2)16(19)18-10-13-6-4-7-14(17)9-13/h3,5,8,13-14H,4,6-7,9-10,17H2,1-2H3,(H,18,19). The highest BCUT2D eigenvalue weighted by atomic mass is 16.1. The van der Waals surface area contributed by atoms with Crippen molar-refractivity contribution in [2.24, 2.45) is 11.7 Å². The van der Waals surface area contributed by atoms with E-state index in [-0.39, 0.29) is 5.91 Å². The third-order valence-corrected chi connectivity index (χ3v) is 4.22. The van der Waals surface area contributed by atoms with Gasteiger partial charge in [-0.2, -0.15) is 0 Å². The molecule has 1 aromatic rings. The number of amides is 1. The van der Waals surface area contributed by atoms with Gasteiger partial charge in [0.1, 0.15) is 0 Å². The van der Waals surface area contributed by atoms with E-state index in [0.29, 0.717) is 12.0 Å². The number of hydrogen-bond donors (Lipinski definition) is 2. The van der Waals surface area contributed by atoms with E-state index in [0.717, 1.165) is 36.1 Å². The topological polar surface area (TPSA) is 55.1 Å². The van der Waals surface area contributed by atoms with Crippen LogP contribution in [-0.4, -0.2) is 18.5 Å². The molecule has 2 atom stereocenters. The highest BCUT2D eigenvalue weighted by Crippen LogP contribution is 2.22. The van der Waals surface area contributed by atoms with Crippen LogP contribution in [0.5, 0.6) is 0 Å². The van der Waals surface area contributed by atoms with Gasteiger partial charge in [0.25, 0.3) is 5.91 Å². The summed E-state index contributed by atoms with van der Waals surface area (Å²) in [5.74, 6) is 0.582. The van der Waals surface area contributed by atoms with Crippen molar-refractivity contribution < 1.29 is 4.79 Å². The van der Waals surface area contributed by atoms with E-state index in [2.05, 4.69) is 5.32 Å². The summed E-state index contributed by atoms with van der Waals surface area (Å²) in [6, 6.07) is 6.18. The predicted molar refractivity (Wildman–Crippen MR) is 78.2 cm³/mol. The van der Waals surface area contributed by atoms with Gasteiger partial charge in [0, 0.05) is 18.2 Å². The largest absolute Gasteiger partial charge is 0.352 e. The van der Waals surface area contributed by atoms with Gasteiger partial charge in [-0.1, -0.05) is 18.6 Å². The molecule has 1 saturated carbocycles. The maximum Gasteiger partial charge on any atom is 0.251 e. The summed E-state index contributed by atoms with van der Waals surface area (Å²) in [6.45, 7) is 4.78. The van der Waals surface area contributed by atoms with E-state index in [1.807, 2.05) is 32.0 Å². The van der Waals surface area contributed by atoms with E-state index in [9.17, 15) is 4.79 Å². The minimum absolute atomic E-state index is 0.0420. The third-order valence-electron chi connectivity index (χ3n) is 4.22. The normalized spacial score (nSPS) is 23.1. The molecule has 2 rings (SSSR count). The molecule has 0 aromatic heterocycles. The van der Waals surface area contributed by atoms with Crippen molar-refractivity contribution in [2.45, 2.75) is 45.6 Å². The van der Waals surface area contributed by atoms with Crippen molar-refractivity contribution in [1.82, 2.24) is 5.32 Å². The average Bonchev–Trinajstić information content (AvgIpc) is 2.39. The van der Waals surface area contributed by atoms with Crippen LogP contribution < -0.4 is 11.1 Å². The maximum absolute atomic E-state index is 12.2. The quantitative estimate of drug-likeness (QED) is 0.877. The van der Waals surface area contributed by atoms with Crippen molar-refractivity contribution >= 4 is 5.91 Å². The Hall–Kier alpha value is -1.35. The molecule has 3 N–H and O–H groups in total. The molecule has 3 heteroatoms. The van der Waals surface area contributed by atoms with E-state index in [1.54, 1.807) is 0 Å². The first-order valence-corrected chi connectivity index (χ1v) is 7.18. The zero-order valence-corrected chi connectivity index (χ0v) is 11.9. The number of rotatable bonds is 3. The molecule has 1 fully saturated rings. The van der Waals surface area contributed by atoms with Crippen molar-refractivity contribution in [3.63, 3.8) is 0 Å². The Morgan fingerprint density at radius 2 is 2.16 bits per heavy atom. The smallest absolute Gasteiger partial charge is 0.251 e. The molecule has 104 valence electrons. The van der Waals surface area contributed by atoms with E-state index in [1.165, 1.54) is 12.8 Å². The van der Waals surface area contributed by atoms with Gasteiger partial charge in [-0.05, 0) is 56.2 Å². The summed E-state index contributed by atoms with van der Waals surface area (Å²) in [7, 11) is 0. The van der Waals surface area contributed by atoms with Crippen LogP contribution in [0.1, 0.15) is 47.2 Å². The fraction of sp³-hybridized carbons (Fsp3) is 0.562. The predicted octanol–water partition coefficient (Wildman–Crippen LogP) is 2.55. The molecule has 3 nitrogen and oxygen atoms in total. The van der Waals surface area contributed by atoms with Gasteiger partial charge in [-0.15, -0.1) is 0 Å². The number of nitrogens with one attached hydrogen (secondary N) is 1. The van der Waals surface area contributed by atoms with E-state index in [4.69, 9.17) is 5.73 Å². The van der Waals surface area contributed by atoms with Crippen LogP contribution in [0.4, 0.5) is 0 Å². The molecule has 2 unspecified atom stereocenters. The lowest BCUT2D eigenvalue weighted by molar-refractivity contribution is 0.0941. The first-order valence-electron chi connectivity index (χ1n) is 7.18. The van der Waals surface area contributed by atoms with Gasteiger partial charge in [0.2, 0.25) is 0 Å². The molecule has 0 aliphatic heterocycles. The first-order chi connectivity index (χ1) is 9.08. The second kappa shape index (κ2) is 6.20. The Bertz CT molecular complexity index is 456. The van der Waals surface area contributed by atoms with Crippen molar-refractivity contribution in [3.8, 4) is 0 Å². The van der Waals surface area contributed by atoms with E-state index >= 15 is 0 Å². The van der Waals surface area contributed by atoms with Crippen molar-refractivity contribution in [1.29, 1.82) is 0 Å². The number of carbonyl (C=O) groups excluding carboxylic acids is 1. The van der Waals surface area contributed by atoms with Gasteiger partial charge >= 0.3 is 0 Å². The monoisotopic (exact) mass is 260 g/mol. The number of carbonyl (C=O) groups is 1. The van der Waals surface area contributed by atoms with Gasteiger partial charge < -0.3 is 11.1 Å². The summed E-state index contributed by atoms with van der Waals surface area (Å²) in [6.07, 6.45) is 4.53. The molecule has 1 amide bonds. The lowest BCUT2D eigenvalue weighted by Crippen LogP contribution is -2.35. The number of hydrogen-bond acceptors (Lipinski definition) is 2. The Balaban J connectivity index is 1.92. The van der Waals surface area contributed by atoms with Crippen LogP contribution in [0.3, 0.4) is 0 Å². The minimum atomic E-state index is 0.0420. The van der Waals surface area contributed by atoms with Crippen LogP contribution in [-0.2, 0) is 0 Å². The van der Waals surface area contributed by atoms with Crippen LogP contribution in [0.2, 0.25) is 0 Å². The number of nitrogens with two attached hydrogens (primary N) is 1. The second-order valence-electron chi connectivity index (χ2n) is 5.75. The summed E-state index contributed by atoms with van der Waals surface area (Å²) in [4.78, 5) is 12.2. The van der Waals surface area contributed by atoms with Crippen LogP contribution >= 0.6 is 0 Å². The molecule has 0 saturated heterocycles. The Morgan fingerprint density at radius 1 is 1.37 bits per heavy atom. The molecule has 1 aliphatic carbocycles. The van der Waals surface area contributed by atoms with Gasteiger partial charge in [-0.25, -0.2) is 0 Å². The fourth-order valence-electron chi connectivity index (χ4n) is 2.85. The molecule has 1 aromatic carbocycles. The summed E-state index contributed by atoms with van der Waals surface area (Å²) in [5, 5.41) is 3.06. The molecular weight excluding hydrogens is 236 g/mol. The molecule has 0 heterocycles. The Labute approximate surface area is 115 Å². The molecule has 0 spiro atoms. The Kier molecular flexibility index (Phi) is 4.59. The van der Waals surface area contributed by atoms with Crippen molar-refractivity contribution in [3.05, 3.63) is 34.9 Å². The van der Waals surface area contributed by atoms with Crippen LogP contribution in [0, 0.1) is 19.8 Å². The summed E-state index contributed by atoms with van der Waals surface area (Å²) in [5.41, 5.74) is 9.00. The number of benzene rings is 1. The minimum Gasteiger partial charge on any atom is -0.352 e.